The number of fused-ring (bicyclic) bond motifs is 2. The average Bonchev–Trinajstić information content (AvgIpc) is 3.06. The van der Waals surface area contributed by atoms with E-state index in [1.807, 2.05) is 7.05 Å². The predicted octanol–water partition coefficient (Wildman–Crippen LogP) is 3.04. The Morgan fingerprint density at radius 2 is 2.20 bits per heavy atom. The lowest BCUT2D eigenvalue weighted by molar-refractivity contribution is -0.171. The van der Waals surface area contributed by atoms with Crippen molar-refractivity contribution in [1.82, 2.24) is 15.6 Å². The highest BCUT2D eigenvalue weighted by Crippen LogP contribution is 2.62. The number of aromatic nitrogens is 1. The molecule has 2 saturated carbocycles. The molecule has 3 aliphatic rings. The topological polar surface area (TPSA) is 58.5 Å². The molecule has 1 spiro atoms. The summed E-state index contributed by atoms with van der Waals surface area (Å²) < 4.78 is 6.00. The molecule has 1 saturated heterocycles. The number of thiazole rings is 1. The van der Waals surface area contributed by atoms with Gasteiger partial charge in [0, 0.05) is 48.9 Å². The summed E-state index contributed by atoms with van der Waals surface area (Å²) >= 11 is 1.80. The van der Waals surface area contributed by atoms with Crippen molar-refractivity contribution in [2.75, 3.05) is 20.2 Å². The Morgan fingerprint density at radius 3 is 2.80 bits per heavy atom. The van der Waals surface area contributed by atoms with Gasteiger partial charge < -0.3 is 15.4 Å². The van der Waals surface area contributed by atoms with Gasteiger partial charge >= 0.3 is 0 Å². The van der Waals surface area contributed by atoms with Gasteiger partial charge in [-0.05, 0) is 33.1 Å². The van der Waals surface area contributed by atoms with Crippen molar-refractivity contribution >= 4 is 41.3 Å². The molecule has 3 fully saturated rings. The molecule has 7 heteroatoms. The van der Waals surface area contributed by atoms with Gasteiger partial charge in [0.15, 0.2) is 5.96 Å². The number of rotatable bonds is 4. The minimum Gasteiger partial charge on any atom is -0.377 e. The fourth-order valence-electron chi connectivity index (χ4n) is 4.73. The second kappa shape index (κ2) is 7.68. The number of ether oxygens (including phenoxy) is 1. The molecule has 2 aliphatic carbocycles. The van der Waals surface area contributed by atoms with Crippen LogP contribution in [0, 0.1) is 25.2 Å². The number of aryl methyl sites for hydroxylation is 2. The van der Waals surface area contributed by atoms with Crippen LogP contribution in [0.4, 0.5) is 0 Å². The maximum absolute atomic E-state index is 6.00. The van der Waals surface area contributed by atoms with Crippen LogP contribution < -0.4 is 10.6 Å². The minimum atomic E-state index is 0. The van der Waals surface area contributed by atoms with E-state index >= 15 is 0 Å². The Hall–Kier alpha value is -0.410. The number of nitrogens with one attached hydrogen (secondary N) is 2. The summed E-state index contributed by atoms with van der Waals surface area (Å²) in [6, 6.07) is 0.536. The summed E-state index contributed by atoms with van der Waals surface area (Å²) in [5, 5.41) is 8.39. The first-order valence-corrected chi connectivity index (χ1v) is 9.97. The first-order valence-electron chi connectivity index (χ1n) is 9.16. The van der Waals surface area contributed by atoms with Crippen LogP contribution in [0.5, 0.6) is 0 Å². The largest absolute Gasteiger partial charge is 0.377 e. The maximum Gasteiger partial charge on any atom is 0.191 e. The van der Waals surface area contributed by atoms with E-state index in [2.05, 4.69) is 34.5 Å². The zero-order chi connectivity index (χ0) is 16.7. The minimum absolute atomic E-state index is 0. The maximum atomic E-state index is 6.00. The normalized spacial score (nSPS) is 29.4. The van der Waals surface area contributed by atoms with E-state index in [1.54, 1.807) is 11.3 Å². The van der Waals surface area contributed by atoms with Crippen LogP contribution in [-0.2, 0) is 11.2 Å². The van der Waals surface area contributed by atoms with E-state index in [0.717, 1.165) is 31.2 Å². The van der Waals surface area contributed by atoms with Crippen LogP contribution in [0.1, 0.15) is 41.3 Å². The van der Waals surface area contributed by atoms with Gasteiger partial charge in [-0.2, -0.15) is 0 Å². The van der Waals surface area contributed by atoms with Gasteiger partial charge in [0.25, 0.3) is 0 Å². The van der Waals surface area contributed by atoms with Gasteiger partial charge in [0.05, 0.1) is 16.8 Å². The molecule has 2 N–H and O–H groups in total. The van der Waals surface area contributed by atoms with Crippen molar-refractivity contribution in [3.8, 4) is 0 Å². The number of halogens is 1. The molecule has 0 bridgehead atoms. The number of hydrogen-bond donors (Lipinski definition) is 2. The van der Waals surface area contributed by atoms with Crippen LogP contribution in [0.25, 0.3) is 0 Å². The number of guanidine groups is 1. The molecule has 2 heterocycles. The van der Waals surface area contributed by atoms with Crippen molar-refractivity contribution in [1.29, 1.82) is 0 Å². The average molecular weight is 476 g/mol. The fourth-order valence-corrected chi connectivity index (χ4v) is 5.67. The first-order chi connectivity index (χ1) is 11.6. The molecule has 4 rings (SSSR count). The number of nitrogens with zero attached hydrogens (tertiary/aromatic N) is 2. The molecular formula is C18H29IN4OS. The highest BCUT2D eigenvalue weighted by atomic mass is 127. The Kier molecular flexibility index (Phi) is 5.95. The second-order valence-corrected chi connectivity index (χ2v) is 8.74. The van der Waals surface area contributed by atoms with E-state index in [1.165, 1.54) is 35.6 Å². The molecule has 0 aromatic carbocycles. The lowest BCUT2D eigenvalue weighted by Crippen LogP contribution is -2.72. The second-order valence-electron chi connectivity index (χ2n) is 7.45. The number of hydrogen-bond acceptors (Lipinski definition) is 4. The summed E-state index contributed by atoms with van der Waals surface area (Å²) in [6.07, 6.45) is 6.60. The van der Waals surface area contributed by atoms with E-state index < -0.39 is 0 Å². The van der Waals surface area contributed by atoms with Crippen LogP contribution in [0.3, 0.4) is 0 Å². The predicted molar refractivity (Wildman–Crippen MR) is 113 cm³/mol. The lowest BCUT2D eigenvalue weighted by Gasteiger charge is -2.63. The third-order valence-corrected chi connectivity index (χ3v) is 7.39. The van der Waals surface area contributed by atoms with E-state index in [-0.39, 0.29) is 24.0 Å². The molecule has 5 nitrogen and oxygen atoms in total. The number of aliphatic imine (C=N–C) groups is 1. The highest BCUT2D eigenvalue weighted by molar-refractivity contribution is 14.0. The van der Waals surface area contributed by atoms with Gasteiger partial charge in [-0.3, -0.25) is 4.99 Å². The third-order valence-electron chi connectivity index (χ3n) is 6.26. The molecule has 1 aromatic rings. The molecule has 1 aromatic heterocycles. The monoisotopic (exact) mass is 476 g/mol. The zero-order valence-corrected chi connectivity index (χ0v) is 18.4. The van der Waals surface area contributed by atoms with Crippen molar-refractivity contribution in [2.24, 2.45) is 16.3 Å². The van der Waals surface area contributed by atoms with Crippen molar-refractivity contribution in [2.45, 2.75) is 58.1 Å². The van der Waals surface area contributed by atoms with E-state index in [4.69, 9.17) is 4.74 Å². The van der Waals surface area contributed by atoms with Gasteiger partial charge in [-0.1, -0.05) is 6.42 Å². The van der Waals surface area contributed by atoms with Gasteiger partial charge in [-0.25, -0.2) is 4.98 Å². The highest BCUT2D eigenvalue weighted by Gasteiger charge is 2.66. The smallest absolute Gasteiger partial charge is 0.191 e. The van der Waals surface area contributed by atoms with Gasteiger partial charge in [-0.15, -0.1) is 35.3 Å². The fraction of sp³-hybridized carbons (Fsp3) is 0.778. The molecule has 3 atom stereocenters. The lowest BCUT2D eigenvalue weighted by atomic mass is 9.46. The summed E-state index contributed by atoms with van der Waals surface area (Å²) in [6.45, 7) is 6.03. The molecule has 1 aliphatic heterocycles. The Labute approximate surface area is 171 Å². The molecule has 25 heavy (non-hydrogen) atoms. The van der Waals surface area contributed by atoms with Crippen molar-refractivity contribution in [3.63, 3.8) is 0 Å². The Morgan fingerprint density at radius 1 is 1.40 bits per heavy atom. The van der Waals surface area contributed by atoms with E-state index in [0.29, 0.717) is 23.5 Å². The molecule has 0 amide bonds. The standard InChI is InChI=1S/C18H28N4OS.HI/c1-11-12(2)24-14(21-11)5-9-20-17(19-3)22-15-13-6-10-23-16(13)18(15)7-4-8-18;/h13,15-16H,4-10H2,1-3H3,(H2,19,20,22);1H. The van der Waals surface area contributed by atoms with Crippen LogP contribution in [0.15, 0.2) is 4.99 Å². The van der Waals surface area contributed by atoms with Crippen LogP contribution >= 0.6 is 35.3 Å². The summed E-state index contributed by atoms with van der Waals surface area (Å²) in [5.41, 5.74) is 1.55. The molecule has 0 radical (unpaired) electrons. The third kappa shape index (κ3) is 3.32. The summed E-state index contributed by atoms with van der Waals surface area (Å²) in [5.74, 6) is 1.61. The SMILES string of the molecule is CN=C(NCCc1nc(C)c(C)s1)NC1C2CCOC2C12CCC2.I. The van der Waals surface area contributed by atoms with Crippen molar-refractivity contribution in [3.05, 3.63) is 15.6 Å². The van der Waals surface area contributed by atoms with Gasteiger partial charge in [0.2, 0.25) is 0 Å². The zero-order valence-electron chi connectivity index (χ0n) is 15.3. The quantitative estimate of drug-likeness (QED) is 0.399. The van der Waals surface area contributed by atoms with E-state index in [9.17, 15) is 0 Å². The van der Waals surface area contributed by atoms with Crippen LogP contribution in [0.2, 0.25) is 0 Å². The molecular weight excluding hydrogens is 447 g/mol. The Balaban J connectivity index is 0.00000182. The van der Waals surface area contributed by atoms with Gasteiger partial charge in [0.1, 0.15) is 0 Å². The summed E-state index contributed by atoms with van der Waals surface area (Å²) in [4.78, 5) is 10.4. The molecule has 3 unspecified atom stereocenters. The van der Waals surface area contributed by atoms with Crippen molar-refractivity contribution < 1.29 is 4.74 Å². The van der Waals surface area contributed by atoms with Crippen LogP contribution in [-0.4, -0.2) is 43.3 Å². The molecule has 140 valence electrons. The Bertz CT molecular complexity index is 624. The summed E-state index contributed by atoms with van der Waals surface area (Å²) in [7, 11) is 1.86. The first kappa shape index (κ1) is 19.4.